The highest BCUT2D eigenvalue weighted by Gasteiger charge is 2.13. The zero-order chi connectivity index (χ0) is 19.4. The summed E-state index contributed by atoms with van der Waals surface area (Å²) in [6.45, 7) is 0.326. The molecule has 27 heavy (non-hydrogen) atoms. The molecule has 0 aliphatic carbocycles. The molecule has 0 aliphatic heterocycles. The van der Waals surface area contributed by atoms with Crippen molar-refractivity contribution in [2.24, 2.45) is 0 Å². The van der Waals surface area contributed by atoms with Gasteiger partial charge in [0, 0.05) is 18.3 Å². The molecule has 3 aromatic rings. The van der Waals surface area contributed by atoms with Crippen molar-refractivity contribution >= 4 is 12.0 Å². The number of hydrogen-bond donors (Lipinski definition) is 1. The lowest BCUT2D eigenvalue weighted by atomic mass is 10.1. The summed E-state index contributed by atoms with van der Waals surface area (Å²) in [4.78, 5) is 11.1. The van der Waals surface area contributed by atoms with E-state index in [9.17, 15) is 13.6 Å². The molecule has 2 aromatic carbocycles. The van der Waals surface area contributed by atoms with Crippen molar-refractivity contribution in [3.05, 3.63) is 89.1 Å². The fourth-order valence-electron chi connectivity index (χ4n) is 2.73. The minimum absolute atomic E-state index is 0.326. The fourth-order valence-corrected chi connectivity index (χ4v) is 2.73. The summed E-state index contributed by atoms with van der Waals surface area (Å²) in [6.07, 6.45) is 2.86. The Balaban J connectivity index is 2.09. The van der Waals surface area contributed by atoms with E-state index in [-0.39, 0.29) is 5.82 Å². The molecular weight excluding hydrogens is 350 g/mol. The van der Waals surface area contributed by atoms with Gasteiger partial charge in [0.1, 0.15) is 23.3 Å². The van der Waals surface area contributed by atoms with Crippen LogP contribution in [-0.4, -0.2) is 15.6 Å². The molecule has 0 unspecified atom stereocenters. The topological polar surface area (TPSA) is 66.0 Å². The molecule has 1 N–H and O–H groups in total. The Kier molecular flexibility index (Phi) is 5.13. The third-order valence-corrected chi connectivity index (χ3v) is 4.00. The van der Waals surface area contributed by atoms with Crippen molar-refractivity contribution in [1.29, 1.82) is 5.26 Å². The SMILES string of the molecule is N#C/C(=C\c1cc(-c2ccccc2F)n(Cc2ccc(F)cc2)c1)C(=O)O. The first-order valence-corrected chi connectivity index (χ1v) is 8.02. The van der Waals surface area contributed by atoms with Gasteiger partial charge in [-0.1, -0.05) is 24.3 Å². The second kappa shape index (κ2) is 7.67. The van der Waals surface area contributed by atoms with Crippen molar-refractivity contribution in [2.75, 3.05) is 0 Å². The maximum absolute atomic E-state index is 14.3. The van der Waals surface area contributed by atoms with Crippen LogP contribution in [0.3, 0.4) is 0 Å². The Bertz CT molecular complexity index is 1060. The molecule has 6 heteroatoms. The highest BCUT2D eigenvalue weighted by Crippen LogP contribution is 2.27. The van der Waals surface area contributed by atoms with Gasteiger partial charge in [-0.2, -0.15) is 5.26 Å². The number of carboxylic acids is 1. The van der Waals surface area contributed by atoms with Crippen molar-refractivity contribution in [2.45, 2.75) is 6.54 Å². The summed E-state index contributed by atoms with van der Waals surface area (Å²) in [5.74, 6) is -2.12. The lowest BCUT2D eigenvalue weighted by molar-refractivity contribution is -0.132. The average molecular weight is 364 g/mol. The second-order valence-electron chi connectivity index (χ2n) is 5.87. The van der Waals surface area contributed by atoms with Crippen molar-refractivity contribution < 1.29 is 18.7 Å². The zero-order valence-corrected chi connectivity index (χ0v) is 14.1. The number of hydrogen-bond acceptors (Lipinski definition) is 2. The smallest absolute Gasteiger partial charge is 0.346 e. The lowest BCUT2D eigenvalue weighted by Gasteiger charge is -2.10. The monoisotopic (exact) mass is 364 g/mol. The number of aliphatic carboxylic acids is 1. The minimum atomic E-state index is -1.34. The number of aromatic nitrogens is 1. The van der Waals surface area contributed by atoms with Crippen LogP contribution in [0.4, 0.5) is 8.78 Å². The van der Waals surface area contributed by atoms with Gasteiger partial charge in [-0.05, 0) is 47.5 Å². The Morgan fingerprint density at radius 2 is 1.85 bits per heavy atom. The van der Waals surface area contributed by atoms with Gasteiger partial charge in [0.2, 0.25) is 0 Å². The van der Waals surface area contributed by atoms with Gasteiger partial charge < -0.3 is 9.67 Å². The third-order valence-electron chi connectivity index (χ3n) is 4.00. The number of nitriles is 1. The predicted octanol–water partition coefficient (Wildman–Crippen LogP) is 4.47. The molecule has 0 saturated carbocycles. The number of benzene rings is 2. The van der Waals surface area contributed by atoms with E-state index in [1.807, 2.05) is 0 Å². The minimum Gasteiger partial charge on any atom is -0.477 e. The molecule has 0 bridgehead atoms. The highest BCUT2D eigenvalue weighted by atomic mass is 19.1. The van der Waals surface area contributed by atoms with Crippen LogP contribution >= 0.6 is 0 Å². The van der Waals surface area contributed by atoms with Crippen LogP contribution in [-0.2, 0) is 11.3 Å². The zero-order valence-electron chi connectivity index (χ0n) is 14.1. The predicted molar refractivity (Wildman–Crippen MR) is 96.6 cm³/mol. The van der Waals surface area contributed by atoms with Crippen LogP contribution < -0.4 is 0 Å². The second-order valence-corrected chi connectivity index (χ2v) is 5.87. The van der Waals surface area contributed by atoms with Crippen LogP contribution in [0.2, 0.25) is 0 Å². The van der Waals surface area contributed by atoms with Crippen LogP contribution in [0.1, 0.15) is 11.1 Å². The lowest BCUT2D eigenvalue weighted by Crippen LogP contribution is -2.01. The number of halogens is 2. The van der Waals surface area contributed by atoms with Crippen LogP contribution in [0.15, 0.2) is 66.4 Å². The Morgan fingerprint density at radius 1 is 1.15 bits per heavy atom. The van der Waals surface area contributed by atoms with E-state index in [2.05, 4.69) is 0 Å². The van der Waals surface area contributed by atoms with Crippen molar-refractivity contribution in [3.8, 4) is 17.3 Å². The Labute approximate surface area is 154 Å². The summed E-state index contributed by atoms with van der Waals surface area (Å²) in [5, 5.41) is 18.0. The highest BCUT2D eigenvalue weighted by molar-refractivity contribution is 5.96. The molecule has 0 radical (unpaired) electrons. The van der Waals surface area contributed by atoms with Gasteiger partial charge in [-0.3, -0.25) is 0 Å². The normalized spacial score (nSPS) is 11.2. The molecule has 0 spiro atoms. The molecule has 134 valence electrons. The summed E-state index contributed by atoms with van der Waals surface area (Å²) in [7, 11) is 0. The summed E-state index contributed by atoms with van der Waals surface area (Å²) < 4.78 is 29.2. The molecule has 0 atom stereocenters. The molecular formula is C21H14F2N2O2. The van der Waals surface area contributed by atoms with Gasteiger partial charge in [-0.25, -0.2) is 13.6 Å². The van der Waals surface area contributed by atoms with E-state index in [0.717, 1.165) is 5.56 Å². The van der Waals surface area contributed by atoms with Crippen LogP contribution in [0, 0.1) is 23.0 Å². The van der Waals surface area contributed by atoms with Crippen LogP contribution in [0.25, 0.3) is 17.3 Å². The van der Waals surface area contributed by atoms with E-state index in [0.29, 0.717) is 23.4 Å². The number of carbonyl (C=O) groups is 1. The molecule has 1 heterocycles. The first kappa shape index (κ1) is 18.1. The average Bonchev–Trinajstić information content (AvgIpc) is 3.04. The maximum atomic E-state index is 14.3. The summed E-state index contributed by atoms with van der Waals surface area (Å²) in [5.41, 5.74) is 1.68. The number of carboxylic acid groups (broad SMARTS) is 1. The van der Waals surface area contributed by atoms with Gasteiger partial charge in [0.05, 0.1) is 5.69 Å². The molecule has 3 rings (SSSR count). The van der Waals surface area contributed by atoms with Gasteiger partial charge in [-0.15, -0.1) is 0 Å². The first-order valence-electron chi connectivity index (χ1n) is 8.02. The van der Waals surface area contributed by atoms with Crippen molar-refractivity contribution in [1.82, 2.24) is 4.57 Å². The number of nitrogens with zero attached hydrogens (tertiary/aromatic N) is 2. The molecule has 1 aromatic heterocycles. The fraction of sp³-hybridized carbons (Fsp3) is 0.0476. The van der Waals surface area contributed by atoms with E-state index in [1.165, 1.54) is 24.3 Å². The molecule has 4 nitrogen and oxygen atoms in total. The molecule has 0 amide bonds. The summed E-state index contributed by atoms with van der Waals surface area (Å²) in [6, 6.07) is 15.4. The van der Waals surface area contributed by atoms with E-state index in [4.69, 9.17) is 10.4 Å². The third kappa shape index (κ3) is 4.10. The standard InChI is InChI=1S/C21H14F2N2O2/c22-17-7-5-14(6-8-17)12-25-13-15(9-16(11-24)21(26)27)10-20(25)18-3-1-2-4-19(18)23/h1-10,13H,12H2,(H,26,27)/b16-9+. The Hall–Kier alpha value is -3.72. The molecule has 0 fully saturated rings. The largest absolute Gasteiger partial charge is 0.477 e. The van der Waals surface area contributed by atoms with E-state index >= 15 is 0 Å². The Morgan fingerprint density at radius 3 is 2.48 bits per heavy atom. The quantitative estimate of drug-likeness (QED) is 0.536. The molecule has 0 saturated heterocycles. The van der Waals surface area contributed by atoms with Gasteiger partial charge >= 0.3 is 5.97 Å². The number of rotatable bonds is 5. The summed E-state index contributed by atoms with van der Waals surface area (Å²) >= 11 is 0. The first-order chi connectivity index (χ1) is 13.0. The van der Waals surface area contributed by atoms with Crippen LogP contribution in [0.5, 0.6) is 0 Å². The van der Waals surface area contributed by atoms with Gasteiger partial charge in [0.25, 0.3) is 0 Å². The van der Waals surface area contributed by atoms with E-state index in [1.54, 1.807) is 53.2 Å². The van der Waals surface area contributed by atoms with E-state index < -0.39 is 17.4 Å². The maximum Gasteiger partial charge on any atom is 0.346 e. The molecule has 0 aliphatic rings. The van der Waals surface area contributed by atoms with Crippen molar-refractivity contribution in [3.63, 3.8) is 0 Å². The van der Waals surface area contributed by atoms with Gasteiger partial charge in [0.15, 0.2) is 0 Å².